The molecule has 4 amide bonds. The number of nitrogens with one attached hydrogen (secondary N) is 2. The van der Waals surface area contributed by atoms with Crippen LogP contribution in [0.4, 0.5) is 23.7 Å². The Kier molecular flexibility index (Phi) is 8.68. The van der Waals surface area contributed by atoms with E-state index >= 15 is 0 Å². The van der Waals surface area contributed by atoms with Crippen LogP contribution in [-0.4, -0.2) is 69.6 Å². The third kappa shape index (κ3) is 7.12. The molecule has 0 spiro atoms. The van der Waals surface area contributed by atoms with Gasteiger partial charge in [-0.3, -0.25) is 14.4 Å². The number of hydrogen-bond donors (Lipinski definition) is 2. The monoisotopic (exact) mass is 617 g/mol. The van der Waals surface area contributed by atoms with Crippen molar-refractivity contribution in [3.8, 4) is 0 Å². The van der Waals surface area contributed by atoms with E-state index in [1.165, 1.54) is 24.0 Å². The number of halogens is 4. The molecule has 1 aliphatic heterocycles. The molecule has 2 aliphatic rings. The fourth-order valence-electron chi connectivity index (χ4n) is 5.26. The van der Waals surface area contributed by atoms with Crippen LogP contribution < -0.4 is 10.6 Å². The van der Waals surface area contributed by atoms with Crippen LogP contribution in [0.3, 0.4) is 0 Å². The van der Waals surface area contributed by atoms with Crippen molar-refractivity contribution in [2.45, 2.75) is 57.7 Å². The summed E-state index contributed by atoms with van der Waals surface area (Å²) in [5.74, 6) is -4.61. The first-order valence-corrected chi connectivity index (χ1v) is 14.4. The second kappa shape index (κ2) is 12.3. The summed E-state index contributed by atoms with van der Waals surface area (Å²) in [6.45, 7) is 0.432. The molecular formula is C30H31ClF3N5O4. The first kappa shape index (κ1) is 30.4. The van der Waals surface area contributed by atoms with Gasteiger partial charge in [0.25, 0.3) is 5.92 Å². The van der Waals surface area contributed by atoms with Gasteiger partial charge in [0.1, 0.15) is 12.4 Å². The first-order valence-electron chi connectivity index (χ1n) is 14.0. The van der Waals surface area contributed by atoms with E-state index < -0.39 is 30.2 Å². The van der Waals surface area contributed by atoms with E-state index in [0.717, 1.165) is 17.7 Å². The van der Waals surface area contributed by atoms with Gasteiger partial charge < -0.3 is 25.0 Å². The summed E-state index contributed by atoms with van der Waals surface area (Å²) in [5, 5.41) is 5.78. The molecule has 3 aromatic rings. The number of anilines is 1. The maximum Gasteiger partial charge on any atom is 0.322 e. The Morgan fingerprint density at radius 2 is 1.91 bits per heavy atom. The van der Waals surface area contributed by atoms with Gasteiger partial charge in [-0.1, -0.05) is 29.8 Å². The number of aromatic nitrogens is 1. The Balaban J connectivity index is 1.30. The lowest BCUT2D eigenvalue weighted by Crippen LogP contribution is -2.47. The molecular weight excluding hydrogens is 587 g/mol. The molecule has 9 nitrogen and oxygen atoms in total. The normalized spacial score (nSPS) is 16.2. The largest absolute Gasteiger partial charge is 0.350 e. The average molecular weight is 618 g/mol. The quantitative estimate of drug-likeness (QED) is 0.322. The summed E-state index contributed by atoms with van der Waals surface area (Å²) in [4.78, 5) is 53.8. The molecule has 2 aromatic carbocycles. The molecule has 1 aliphatic carbocycles. The number of rotatable bonds is 9. The van der Waals surface area contributed by atoms with E-state index in [0.29, 0.717) is 22.2 Å². The average Bonchev–Trinajstić information content (AvgIpc) is 3.73. The summed E-state index contributed by atoms with van der Waals surface area (Å²) in [7, 11) is 0. The van der Waals surface area contributed by atoms with Crippen LogP contribution in [0.15, 0.2) is 42.6 Å². The number of carbonyl (C=O) groups is 4. The Bertz CT molecular complexity index is 1590. The lowest BCUT2D eigenvalue weighted by molar-refractivity contribution is -0.137. The number of alkyl halides is 2. The third-order valence-electron chi connectivity index (χ3n) is 7.63. The van der Waals surface area contributed by atoms with Crippen molar-refractivity contribution >= 4 is 51.8 Å². The minimum atomic E-state index is -2.94. The minimum absolute atomic E-state index is 0.0545. The van der Waals surface area contributed by atoms with Crippen LogP contribution in [0.25, 0.3) is 10.9 Å². The van der Waals surface area contributed by atoms with Gasteiger partial charge in [0.15, 0.2) is 5.78 Å². The fourth-order valence-corrected chi connectivity index (χ4v) is 5.45. The summed E-state index contributed by atoms with van der Waals surface area (Å²) in [6, 6.07) is 8.50. The van der Waals surface area contributed by atoms with Crippen LogP contribution in [-0.2, 0) is 22.7 Å². The molecule has 1 saturated carbocycles. The maximum absolute atomic E-state index is 14.2. The number of fused-ring (bicyclic) bond motifs is 1. The molecule has 1 saturated heterocycles. The summed E-state index contributed by atoms with van der Waals surface area (Å²) >= 11 is 5.81. The number of piperidine rings is 1. The molecule has 0 radical (unpaired) electrons. The highest BCUT2D eigenvalue weighted by molar-refractivity contribution is 6.30. The van der Waals surface area contributed by atoms with Crippen molar-refractivity contribution in [2.24, 2.45) is 0 Å². The predicted octanol–water partition coefficient (Wildman–Crippen LogP) is 5.21. The topological polar surface area (TPSA) is 104 Å². The zero-order chi connectivity index (χ0) is 30.9. The molecule has 0 unspecified atom stereocenters. The molecule has 0 atom stereocenters. The van der Waals surface area contributed by atoms with Crippen LogP contribution in [0.2, 0.25) is 5.02 Å². The number of amides is 4. The Labute approximate surface area is 250 Å². The molecule has 0 bridgehead atoms. The lowest BCUT2D eigenvalue weighted by atomic mass is 10.1. The fraction of sp³-hybridized carbons (Fsp3) is 0.400. The smallest absolute Gasteiger partial charge is 0.322 e. The van der Waals surface area contributed by atoms with Crippen molar-refractivity contribution < 1.29 is 32.3 Å². The Hall–Kier alpha value is -4.06. The number of nitrogens with zero attached hydrogens (tertiary/aromatic N) is 3. The molecule has 13 heteroatoms. The van der Waals surface area contributed by atoms with Gasteiger partial charge >= 0.3 is 6.03 Å². The number of hydrogen-bond acceptors (Lipinski definition) is 4. The van der Waals surface area contributed by atoms with Crippen molar-refractivity contribution in [3.63, 3.8) is 0 Å². The van der Waals surface area contributed by atoms with Gasteiger partial charge in [0.2, 0.25) is 11.8 Å². The Morgan fingerprint density at radius 1 is 1.14 bits per heavy atom. The molecule has 43 heavy (non-hydrogen) atoms. The standard InChI is InChI=1S/C30H31ClF3N5O4/c1-18(40)23-14-38(25-12-20(6-9-22(23)25)36-29(43)37-11-3-10-30(33,34)17-37)16-27(42)39(21-7-8-21)15-26(41)35-13-19-4-2-5-24(31)28(19)32/h2,4-6,9,12,14,21H,3,7-8,10-11,13,15-17H2,1H3,(H,35,41)(H,36,43). The van der Waals surface area contributed by atoms with Crippen LogP contribution in [0.1, 0.15) is 48.5 Å². The highest BCUT2D eigenvalue weighted by Crippen LogP contribution is 2.30. The molecule has 2 heterocycles. The van der Waals surface area contributed by atoms with Crippen molar-refractivity contribution in [2.75, 3.05) is 25.0 Å². The van der Waals surface area contributed by atoms with Gasteiger partial charge in [-0.2, -0.15) is 0 Å². The lowest BCUT2D eigenvalue weighted by Gasteiger charge is -2.32. The number of benzene rings is 2. The van der Waals surface area contributed by atoms with E-state index in [4.69, 9.17) is 11.6 Å². The number of Topliss-reactive ketones (excluding diaryl/α,β-unsaturated/α-hetero) is 1. The second-order valence-corrected chi connectivity index (χ2v) is 11.4. The van der Waals surface area contributed by atoms with Crippen molar-refractivity contribution in [1.29, 1.82) is 0 Å². The summed E-state index contributed by atoms with van der Waals surface area (Å²) in [6.07, 6.45) is 2.95. The molecule has 1 aromatic heterocycles. The summed E-state index contributed by atoms with van der Waals surface area (Å²) < 4.78 is 43.4. The second-order valence-electron chi connectivity index (χ2n) is 11.0. The van der Waals surface area contributed by atoms with E-state index in [1.54, 1.807) is 35.0 Å². The van der Waals surface area contributed by atoms with Gasteiger partial charge in [0.05, 0.1) is 23.6 Å². The van der Waals surface area contributed by atoms with Crippen LogP contribution in [0, 0.1) is 5.82 Å². The van der Waals surface area contributed by atoms with E-state index in [9.17, 15) is 32.3 Å². The van der Waals surface area contributed by atoms with Crippen molar-refractivity contribution in [3.05, 3.63) is 64.6 Å². The highest BCUT2D eigenvalue weighted by Gasteiger charge is 2.37. The zero-order valence-corrected chi connectivity index (χ0v) is 24.2. The number of likely N-dealkylation sites (tertiary alicyclic amines) is 1. The van der Waals surface area contributed by atoms with E-state index in [1.807, 2.05) is 0 Å². The number of ketones is 1. The van der Waals surface area contributed by atoms with Crippen LogP contribution >= 0.6 is 11.6 Å². The summed E-state index contributed by atoms with van der Waals surface area (Å²) in [5.41, 5.74) is 1.39. The van der Waals surface area contributed by atoms with Gasteiger partial charge in [0, 0.05) is 53.9 Å². The third-order valence-corrected chi connectivity index (χ3v) is 7.92. The SMILES string of the molecule is CC(=O)c1cn(CC(=O)N(CC(=O)NCc2cccc(Cl)c2F)C2CC2)c2cc(NC(=O)N3CCCC(F)(F)C3)ccc12. The van der Waals surface area contributed by atoms with Gasteiger partial charge in [-0.15, -0.1) is 0 Å². The zero-order valence-electron chi connectivity index (χ0n) is 23.5. The van der Waals surface area contributed by atoms with Gasteiger partial charge in [-0.05, 0) is 44.4 Å². The molecule has 228 valence electrons. The van der Waals surface area contributed by atoms with E-state index in [2.05, 4.69) is 10.6 Å². The molecule has 2 N–H and O–H groups in total. The number of urea groups is 1. The predicted molar refractivity (Wildman–Crippen MR) is 155 cm³/mol. The Morgan fingerprint density at radius 3 is 2.60 bits per heavy atom. The van der Waals surface area contributed by atoms with E-state index in [-0.39, 0.29) is 67.3 Å². The highest BCUT2D eigenvalue weighted by atomic mass is 35.5. The maximum atomic E-state index is 14.2. The molecule has 2 fully saturated rings. The van der Waals surface area contributed by atoms with Crippen LogP contribution in [0.5, 0.6) is 0 Å². The molecule has 5 rings (SSSR count). The first-order chi connectivity index (χ1) is 20.4. The minimum Gasteiger partial charge on any atom is -0.350 e. The van der Waals surface area contributed by atoms with Gasteiger partial charge in [-0.25, -0.2) is 18.0 Å². The van der Waals surface area contributed by atoms with Crippen molar-refractivity contribution in [1.82, 2.24) is 19.7 Å². The number of carbonyl (C=O) groups excluding carboxylic acids is 4.